The molecule has 0 radical (unpaired) electrons. The lowest BCUT2D eigenvalue weighted by Gasteiger charge is -2.06. The maximum absolute atomic E-state index is 12.0. The molecule has 2 amide bonds. The van der Waals surface area contributed by atoms with Crippen LogP contribution in [0.5, 0.6) is 0 Å². The van der Waals surface area contributed by atoms with E-state index in [1.165, 1.54) is 0 Å². The number of amides is 2. The molecule has 0 atom stereocenters. The Morgan fingerprint density at radius 2 is 1.68 bits per heavy atom. The topological polar surface area (TPSA) is 72.2 Å². The fourth-order valence-electron chi connectivity index (χ4n) is 1.55. The first-order chi connectivity index (χ1) is 9.06. The maximum Gasteiger partial charge on any atom is 0.255 e. The molecular formula is C14H11IN2O2. The summed E-state index contributed by atoms with van der Waals surface area (Å²) < 4.78 is 1.06. The molecule has 2 aromatic carbocycles. The molecular weight excluding hydrogens is 355 g/mol. The smallest absolute Gasteiger partial charge is 0.255 e. The van der Waals surface area contributed by atoms with Crippen molar-refractivity contribution in [1.29, 1.82) is 0 Å². The van der Waals surface area contributed by atoms with Crippen LogP contribution >= 0.6 is 22.6 Å². The number of rotatable bonds is 3. The molecule has 0 saturated carbocycles. The Kier molecular flexibility index (Phi) is 4.16. The zero-order valence-corrected chi connectivity index (χ0v) is 12.0. The van der Waals surface area contributed by atoms with E-state index in [0.29, 0.717) is 16.8 Å². The van der Waals surface area contributed by atoms with E-state index in [1.807, 2.05) is 12.1 Å². The van der Waals surface area contributed by atoms with Crippen LogP contribution in [0.25, 0.3) is 0 Å². The Labute approximate surface area is 124 Å². The van der Waals surface area contributed by atoms with Crippen molar-refractivity contribution >= 4 is 40.1 Å². The molecule has 5 heteroatoms. The van der Waals surface area contributed by atoms with Crippen LogP contribution in [0.4, 0.5) is 5.69 Å². The highest BCUT2D eigenvalue weighted by molar-refractivity contribution is 14.1. The van der Waals surface area contributed by atoms with Gasteiger partial charge in [-0.3, -0.25) is 9.59 Å². The lowest BCUT2D eigenvalue weighted by Crippen LogP contribution is -2.14. The first-order valence-electron chi connectivity index (χ1n) is 5.53. The number of carbonyl (C=O) groups excluding carboxylic acids is 2. The van der Waals surface area contributed by atoms with E-state index in [-0.39, 0.29) is 5.91 Å². The summed E-state index contributed by atoms with van der Waals surface area (Å²) in [5, 5.41) is 2.72. The van der Waals surface area contributed by atoms with E-state index in [2.05, 4.69) is 27.9 Å². The molecule has 0 spiro atoms. The standard InChI is InChI=1S/C14H11IN2O2/c15-11-6-4-9(5-7-11)14(19)17-12-3-1-2-10(8-12)13(16)18/h1-8H,(H2,16,18)(H,17,19). The Morgan fingerprint density at radius 1 is 1.00 bits per heavy atom. The molecule has 96 valence electrons. The van der Waals surface area contributed by atoms with Gasteiger partial charge in [-0.15, -0.1) is 0 Å². The first-order valence-corrected chi connectivity index (χ1v) is 6.61. The minimum absolute atomic E-state index is 0.224. The minimum atomic E-state index is -0.523. The van der Waals surface area contributed by atoms with Gasteiger partial charge in [-0.1, -0.05) is 6.07 Å². The molecule has 0 unspecified atom stereocenters. The number of halogens is 1. The van der Waals surface area contributed by atoms with Gasteiger partial charge in [-0.2, -0.15) is 0 Å². The molecule has 2 aromatic rings. The van der Waals surface area contributed by atoms with Gasteiger partial charge in [-0.25, -0.2) is 0 Å². The highest BCUT2D eigenvalue weighted by Gasteiger charge is 2.07. The Hall–Kier alpha value is -1.89. The molecule has 0 saturated heterocycles. The average Bonchev–Trinajstić information content (AvgIpc) is 2.39. The van der Waals surface area contributed by atoms with Crippen LogP contribution in [0.1, 0.15) is 20.7 Å². The quantitative estimate of drug-likeness (QED) is 0.820. The van der Waals surface area contributed by atoms with Crippen molar-refractivity contribution in [1.82, 2.24) is 0 Å². The molecule has 3 N–H and O–H groups in total. The fourth-order valence-corrected chi connectivity index (χ4v) is 1.91. The predicted molar refractivity (Wildman–Crippen MR) is 82.1 cm³/mol. The van der Waals surface area contributed by atoms with Crippen LogP contribution in [0.2, 0.25) is 0 Å². The van der Waals surface area contributed by atoms with Crippen molar-refractivity contribution in [3.05, 3.63) is 63.2 Å². The molecule has 0 aromatic heterocycles. The lowest BCUT2D eigenvalue weighted by atomic mass is 10.1. The second kappa shape index (κ2) is 5.83. The summed E-state index contributed by atoms with van der Waals surface area (Å²) >= 11 is 2.17. The highest BCUT2D eigenvalue weighted by Crippen LogP contribution is 2.13. The molecule has 0 aliphatic carbocycles. The molecule has 0 aliphatic heterocycles. The monoisotopic (exact) mass is 366 g/mol. The van der Waals surface area contributed by atoms with Gasteiger partial charge in [0.2, 0.25) is 5.91 Å². The summed E-state index contributed by atoms with van der Waals surface area (Å²) in [6.45, 7) is 0. The van der Waals surface area contributed by atoms with Gasteiger partial charge < -0.3 is 11.1 Å². The normalized spacial score (nSPS) is 9.95. The number of primary amides is 1. The van der Waals surface area contributed by atoms with Crippen LogP contribution in [-0.2, 0) is 0 Å². The summed E-state index contributed by atoms with van der Waals surface area (Å²) in [5.41, 5.74) is 6.65. The molecule has 0 aliphatic rings. The maximum atomic E-state index is 12.0. The van der Waals surface area contributed by atoms with E-state index in [9.17, 15) is 9.59 Å². The van der Waals surface area contributed by atoms with E-state index >= 15 is 0 Å². The van der Waals surface area contributed by atoms with Crippen molar-refractivity contribution in [3.63, 3.8) is 0 Å². The number of nitrogens with two attached hydrogens (primary N) is 1. The zero-order chi connectivity index (χ0) is 13.8. The van der Waals surface area contributed by atoms with E-state index in [0.717, 1.165) is 3.57 Å². The van der Waals surface area contributed by atoms with Crippen LogP contribution in [-0.4, -0.2) is 11.8 Å². The molecule has 0 bridgehead atoms. The van der Waals surface area contributed by atoms with Crippen LogP contribution < -0.4 is 11.1 Å². The van der Waals surface area contributed by atoms with Crippen molar-refractivity contribution < 1.29 is 9.59 Å². The average molecular weight is 366 g/mol. The number of hydrogen-bond donors (Lipinski definition) is 2. The van der Waals surface area contributed by atoms with E-state index in [4.69, 9.17) is 5.73 Å². The summed E-state index contributed by atoms with van der Waals surface area (Å²) in [6, 6.07) is 13.7. The number of carbonyl (C=O) groups is 2. The van der Waals surface area contributed by atoms with Gasteiger partial charge in [-0.05, 0) is 65.1 Å². The van der Waals surface area contributed by atoms with Gasteiger partial charge in [0.15, 0.2) is 0 Å². The minimum Gasteiger partial charge on any atom is -0.366 e. The van der Waals surface area contributed by atoms with Crippen molar-refractivity contribution in [2.75, 3.05) is 5.32 Å². The summed E-state index contributed by atoms with van der Waals surface area (Å²) in [4.78, 5) is 23.0. The molecule has 0 fully saturated rings. The molecule has 0 heterocycles. The number of nitrogens with one attached hydrogen (secondary N) is 1. The van der Waals surface area contributed by atoms with E-state index in [1.54, 1.807) is 36.4 Å². The van der Waals surface area contributed by atoms with Gasteiger partial charge in [0.25, 0.3) is 5.91 Å². The SMILES string of the molecule is NC(=O)c1cccc(NC(=O)c2ccc(I)cc2)c1. The van der Waals surface area contributed by atoms with Crippen LogP contribution in [0.15, 0.2) is 48.5 Å². The number of benzene rings is 2. The second-order valence-corrected chi connectivity index (χ2v) is 5.15. The fraction of sp³-hybridized carbons (Fsp3) is 0. The van der Waals surface area contributed by atoms with Crippen LogP contribution in [0, 0.1) is 3.57 Å². The summed E-state index contributed by atoms with van der Waals surface area (Å²) in [6.07, 6.45) is 0. The van der Waals surface area contributed by atoms with Crippen molar-refractivity contribution in [2.45, 2.75) is 0 Å². The highest BCUT2D eigenvalue weighted by atomic mass is 127. The molecule has 2 rings (SSSR count). The third kappa shape index (κ3) is 3.54. The Balaban J connectivity index is 2.17. The third-order valence-electron chi connectivity index (χ3n) is 2.51. The Bertz CT molecular complexity index is 624. The lowest BCUT2D eigenvalue weighted by molar-refractivity contribution is 0.0996. The Morgan fingerprint density at radius 3 is 2.32 bits per heavy atom. The molecule has 19 heavy (non-hydrogen) atoms. The van der Waals surface area contributed by atoms with Crippen LogP contribution in [0.3, 0.4) is 0 Å². The van der Waals surface area contributed by atoms with Crippen molar-refractivity contribution in [2.24, 2.45) is 5.73 Å². The van der Waals surface area contributed by atoms with Gasteiger partial charge in [0.05, 0.1) is 0 Å². The number of hydrogen-bond acceptors (Lipinski definition) is 2. The zero-order valence-electron chi connectivity index (χ0n) is 9.89. The molecule has 4 nitrogen and oxygen atoms in total. The van der Waals surface area contributed by atoms with Gasteiger partial charge in [0, 0.05) is 20.4 Å². The third-order valence-corrected chi connectivity index (χ3v) is 3.23. The largest absolute Gasteiger partial charge is 0.366 e. The van der Waals surface area contributed by atoms with Gasteiger partial charge >= 0.3 is 0 Å². The second-order valence-electron chi connectivity index (χ2n) is 3.91. The predicted octanol–water partition coefficient (Wildman–Crippen LogP) is 2.64. The van der Waals surface area contributed by atoms with Crippen molar-refractivity contribution in [3.8, 4) is 0 Å². The summed E-state index contributed by atoms with van der Waals surface area (Å²) in [7, 11) is 0. The first kappa shape index (κ1) is 13.5. The summed E-state index contributed by atoms with van der Waals surface area (Å²) in [5.74, 6) is -0.747. The van der Waals surface area contributed by atoms with Gasteiger partial charge in [0.1, 0.15) is 0 Å². The number of anilines is 1. The van der Waals surface area contributed by atoms with E-state index < -0.39 is 5.91 Å².